The van der Waals surface area contributed by atoms with Crippen LogP contribution in [0.25, 0.3) is 0 Å². The van der Waals surface area contributed by atoms with Gasteiger partial charge in [0.25, 0.3) is 0 Å². The third-order valence-electron chi connectivity index (χ3n) is 4.25. The highest BCUT2D eigenvalue weighted by Gasteiger charge is 2.65. The van der Waals surface area contributed by atoms with Crippen LogP contribution in [0.15, 0.2) is 30.3 Å². The second-order valence-corrected chi connectivity index (χ2v) is 4.99. The molecule has 1 aromatic carbocycles. The predicted molar refractivity (Wildman–Crippen MR) is 58.1 cm³/mol. The standard InChI is InChI=1S/C13H17N/c14-13-9-5-4-8-12(13,10-13)11-6-2-1-3-7-11/h1-3,6-7H,4-5,8-10,14H2/t12-,13-/m0/s1. The molecule has 14 heavy (non-hydrogen) atoms. The van der Waals surface area contributed by atoms with Crippen molar-refractivity contribution in [1.29, 1.82) is 0 Å². The third-order valence-corrected chi connectivity index (χ3v) is 4.25. The summed E-state index contributed by atoms with van der Waals surface area (Å²) in [6.07, 6.45) is 6.42. The van der Waals surface area contributed by atoms with Crippen molar-refractivity contribution in [3.8, 4) is 0 Å². The molecule has 0 aliphatic heterocycles. The molecule has 74 valence electrons. The van der Waals surface area contributed by atoms with Crippen molar-refractivity contribution < 1.29 is 0 Å². The van der Waals surface area contributed by atoms with Crippen molar-refractivity contribution in [1.82, 2.24) is 0 Å². The maximum Gasteiger partial charge on any atom is 0.0262 e. The van der Waals surface area contributed by atoms with Crippen LogP contribution >= 0.6 is 0 Å². The van der Waals surface area contributed by atoms with E-state index >= 15 is 0 Å². The fourth-order valence-corrected chi connectivity index (χ4v) is 3.32. The molecule has 0 radical (unpaired) electrons. The van der Waals surface area contributed by atoms with Gasteiger partial charge in [-0.3, -0.25) is 0 Å². The minimum atomic E-state index is 0.145. The molecule has 0 bridgehead atoms. The topological polar surface area (TPSA) is 26.0 Å². The monoisotopic (exact) mass is 187 g/mol. The quantitative estimate of drug-likeness (QED) is 0.718. The highest BCUT2D eigenvalue weighted by molar-refractivity contribution is 5.42. The lowest BCUT2D eigenvalue weighted by molar-refractivity contribution is 0.384. The number of hydrogen-bond acceptors (Lipinski definition) is 1. The van der Waals surface area contributed by atoms with Crippen molar-refractivity contribution in [3.05, 3.63) is 35.9 Å². The second-order valence-electron chi connectivity index (χ2n) is 4.99. The Bertz CT molecular complexity index is 342. The molecule has 2 aliphatic carbocycles. The SMILES string of the molecule is N[C@]12CCCC[C@@]1(c1ccccc1)C2. The molecule has 0 aromatic heterocycles. The number of benzene rings is 1. The van der Waals surface area contributed by atoms with Crippen molar-refractivity contribution >= 4 is 0 Å². The zero-order valence-electron chi connectivity index (χ0n) is 8.50. The van der Waals surface area contributed by atoms with Crippen LogP contribution in [-0.2, 0) is 5.41 Å². The smallest absolute Gasteiger partial charge is 0.0262 e. The van der Waals surface area contributed by atoms with Gasteiger partial charge in [-0.05, 0) is 24.8 Å². The van der Waals surface area contributed by atoms with E-state index in [2.05, 4.69) is 30.3 Å². The van der Waals surface area contributed by atoms with Crippen LogP contribution in [0, 0.1) is 0 Å². The van der Waals surface area contributed by atoms with E-state index in [1.54, 1.807) is 0 Å². The first-order chi connectivity index (χ1) is 6.77. The maximum atomic E-state index is 6.42. The molecule has 2 aliphatic rings. The van der Waals surface area contributed by atoms with Gasteiger partial charge in [-0.1, -0.05) is 43.2 Å². The average Bonchev–Trinajstić information content (AvgIpc) is 2.87. The van der Waals surface area contributed by atoms with Gasteiger partial charge in [-0.2, -0.15) is 0 Å². The Labute approximate surface area is 85.3 Å². The normalized spacial score (nSPS) is 40.4. The molecule has 0 amide bonds. The molecule has 0 saturated heterocycles. The predicted octanol–water partition coefficient (Wildman–Crippen LogP) is 2.60. The minimum absolute atomic E-state index is 0.145. The minimum Gasteiger partial charge on any atom is -0.324 e. The zero-order valence-corrected chi connectivity index (χ0v) is 8.50. The maximum absolute atomic E-state index is 6.42. The lowest BCUT2D eigenvalue weighted by Crippen LogP contribution is -2.35. The average molecular weight is 187 g/mol. The summed E-state index contributed by atoms with van der Waals surface area (Å²) >= 11 is 0. The first-order valence-electron chi connectivity index (χ1n) is 5.61. The Morgan fingerprint density at radius 1 is 1.00 bits per heavy atom. The molecule has 2 atom stereocenters. The Hall–Kier alpha value is -0.820. The molecule has 3 rings (SSSR count). The summed E-state index contributed by atoms with van der Waals surface area (Å²) in [6, 6.07) is 10.9. The Morgan fingerprint density at radius 2 is 1.71 bits per heavy atom. The summed E-state index contributed by atoms with van der Waals surface area (Å²) in [4.78, 5) is 0. The summed E-state index contributed by atoms with van der Waals surface area (Å²) in [7, 11) is 0. The van der Waals surface area contributed by atoms with Crippen LogP contribution in [0.5, 0.6) is 0 Å². The van der Waals surface area contributed by atoms with Crippen molar-refractivity contribution in [2.75, 3.05) is 0 Å². The molecule has 0 heterocycles. The fourth-order valence-electron chi connectivity index (χ4n) is 3.32. The number of fused-ring (bicyclic) bond motifs is 1. The van der Waals surface area contributed by atoms with Crippen molar-refractivity contribution in [2.45, 2.75) is 43.1 Å². The number of hydrogen-bond donors (Lipinski definition) is 1. The Balaban J connectivity index is 1.99. The van der Waals surface area contributed by atoms with E-state index in [-0.39, 0.29) is 5.54 Å². The molecule has 2 N–H and O–H groups in total. The third kappa shape index (κ3) is 0.936. The summed E-state index contributed by atoms with van der Waals surface area (Å²) in [5.74, 6) is 0. The Kier molecular flexibility index (Phi) is 1.58. The summed E-state index contributed by atoms with van der Waals surface area (Å²) < 4.78 is 0. The molecule has 1 nitrogen and oxygen atoms in total. The first kappa shape index (κ1) is 8.49. The van der Waals surface area contributed by atoms with Gasteiger partial charge in [0, 0.05) is 11.0 Å². The molecule has 1 heteroatoms. The van der Waals surface area contributed by atoms with Gasteiger partial charge in [0.2, 0.25) is 0 Å². The van der Waals surface area contributed by atoms with Gasteiger partial charge in [0.05, 0.1) is 0 Å². The van der Waals surface area contributed by atoms with E-state index in [1.807, 2.05) is 0 Å². The van der Waals surface area contributed by atoms with Crippen LogP contribution in [0.4, 0.5) is 0 Å². The van der Waals surface area contributed by atoms with E-state index in [4.69, 9.17) is 5.73 Å². The van der Waals surface area contributed by atoms with Crippen LogP contribution < -0.4 is 5.73 Å². The zero-order chi connectivity index (χ0) is 9.65. The lowest BCUT2D eigenvalue weighted by atomic mass is 9.80. The van der Waals surface area contributed by atoms with E-state index in [9.17, 15) is 0 Å². The Morgan fingerprint density at radius 3 is 2.43 bits per heavy atom. The van der Waals surface area contributed by atoms with Gasteiger partial charge in [-0.25, -0.2) is 0 Å². The molecule has 2 saturated carbocycles. The van der Waals surface area contributed by atoms with Crippen LogP contribution in [0.1, 0.15) is 37.7 Å². The molecule has 1 aromatic rings. The number of rotatable bonds is 1. The highest BCUT2D eigenvalue weighted by atomic mass is 14.9. The van der Waals surface area contributed by atoms with E-state index in [0.717, 1.165) is 0 Å². The molecular formula is C13H17N. The summed E-state index contributed by atoms with van der Waals surface area (Å²) in [5.41, 5.74) is 8.39. The molecular weight excluding hydrogens is 170 g/mol. The van der Waals surface area contributed by atoms with Gasteiger partial charge in [0.1, 0.15) is 0 Å². The van der Waals surface area contributed by atoms with Crippen molar-refractivity contribution in [3.63, 3.8) is 0 Å². The van der Waals surface area contributed by atoms with Crippen LogP contribution in [0.2, 0.25) is 0 Å². The molecule has 0 spiro atoms. The van der Waals surface area contributed by atoms with Gasteiger partial charge in [0.15, 0.2) is 0 Å². The van der Waals surface area contributed by atoms with Gasteiger partial charge < -0.3 is 5.73 Å². The van der Waals surface area contributed by atoms with E-state index < -0.39 is 0 Å². The van der Waals surface area contributed by atoms with E-state index in [0.29, 0.717) is 5.41 Å². The largest absolute Gasteiger partial charge is 0.324 e. The van der Waals surface area contributed by atoms with Crippen LogP contribution in [-0.4, -0.2) is 5.54 Å². The number of nitrogens with two attached hydrogens (primary N) is 1. The second kappa shape index (κ2) is 2.60. The highest BCUT2D eigenvalue weighted by Crippen LogP contribution is 2.63. The fraction of sp³-hybridized carbons (Fsp3) is 0.538. The van der Waals surface area contributed by atoms with Crippen molar-refractivity contribution in [2.24, 2.45) is 5.73 Å². The summed E-state index contributed by atoms with van der Waals surface area (Å²) in [6.45, 7) is 0. The molecule has 0 unspecified atom stereocenters. The van der Waals surface area contributed by atoms with Crippen LogP contribution in [0.3, 0.4) is 0 Å². The van der Waals surface area contributed by atoms with Gasteiger partial charge >= 0.3 is 0 Å². The first-order valence-corrected chi connectivity index (χ1v) is 5.61. The lowest BCUT2D eigenvalue weighted by Gasteiger charge is -2.28. The summed E-state index contributed by atoms with van der Waals surface area (Å²) in [5, 5.41) is 0. The van der Waals surface area contributed by atoms with Gasteiger partial charge in [-0.15, -0.1) is 0 Å². The van der Waals surface area contributed by atoms with E-state index in [1.165, 1.54) is 37.7 Å². The molecule has 2 fully saturated rings.